The van der Waals surface area contributed by atoms with E-state index in [2.05, 4.69) is 10.6 Å². The fraction of sp³-hybridized carbons (Fsp3) is 0.167. The highest BCUT2D eigenvalue weighted by Gasteiger charge is 2.47. The van der Waals surface area contributed by atoms with Gasteiger partial charge in [0.1, 0.15) is 5.76 Å². The number of nitrogens with one attached hydrogen (secondary N) is 2. The first-order chi connectivity index (χ1) is 18.6. The fourth-order valence-electron chi connectivity index (χ4n) is 4.42. The molecule has 0 spiro atoms. The molecule has 0 saturated carbocycles. The Morgan fingerprint density at radius 1 is 0.816 bits per heavy atom. The lowest BCUT2D eigenvalue weighted by atomic mass is 10.00. The van der Waals surface area contributed by atoms with Gasteiger partial charge in [0.25, 0.3) is 0 Å². The maximum Gasteiger partial charge on any atom is 0.411 e. The number of benzene rings is 3. The molecular formula is C30H27N3O5. The number of amides is 3. The molecule has 192 valence electrons. The van der Waals surface area contributed by atoms with E-state index in [0.717, 1.165) is 11.1 Å². The molecule has 3 aromatic carbocycles. The number of hydrogen-bond donors (Lipinski definition) is 2. The minimum atomic E-state index is -0.892. The molecule has 1 aliphatic heterocycles. The predicted molar refractivity (Wildman–Crippen MR) is 141 cm³/mol. The third-order valence-electron chi connectivity index (χ3n) is 6.30. The molecule has 0 bridgehead atoms. The summed E-state index contributed by atoms with van der Waals surface area (Å²) >= 11 is 0. The van der Waals surface area contributed by atoms with Crippen LogP contribution in [0.3, 0.4) is 0 Å². The summed E-state index contributed by atoms with van der Waals surface area (Å²) in [5, 5.41) is 5.74. The van der Waals surface area contributed by atoms with E-state index in [1.165, 1.54) is 11.2 Å². The van der Waals surface area contributed by atoms with E-state index in [4.69, 9.17) is 9.15 Å². The molecule has 3 amide bonds. The minimum absolute atomic E-state index is 0.138. The highest BCUT2D eigenvalue weighted by Crippen LogP contribution is 2.34. The van der Waals surface area contributed by atoms with Gasteiger partial charge in [-0.2, -0.15) is 0 Å². The van der Waals surface area contributed by atoms with E-state index < -0.39 is 18.2 Å². The normalized spacial score (nSPS) is 16.6. The lowest BCUT2D eigenvalue weighted by Gasteiger charge is -2.24. The molecule has 2 atom stereocenters. The van der Waals surface area contributed by atoms with E-state index in [-0.39, 0.29) is 31.3 Å². The van der Waals surface area contributed by atoms with Crippen molar-refractivity contribution in [3.63, 3.8) is 0 Å². The molecule has 1 aromatic heterocycles. The van der Waals surface area contributed by atoms with Crippen LogP contribution < -0.4 is 10.6 Å². The quantitative estimate of drug-likeness (QED) is 0.336. The first kappa shape index (κ1) is 24.8. The highest BCUT2D eigenvalue weighted by atomic mass is 16.6. The molecule has 1 fully saturated rings. The van der Waals surface area contributed by atoms with Gasteiger partial charge >= 0.3 is 6.09 Å². The lowest BCUT2D eigenvalue weighted by Crippen LogP contribution is -2.46. The smallest absolute Gasteiger partial charge is 0.411 e. The molecule has 1 saturated heterocycles. The predicted octanol–water partition coefficient (Wildman–Crippen LogP) is 4.84. The summed E-state index contributed by atoms with van der Waals surface area (Å²) in [5.41, 5.74) is 3.05. The van der Waals surface area contributed by atoms with Crippen LogP contribution in [0.15, 0.2) is 108 Å². The van der Waals surface area contributed by atoms with Gasteiger partial charge in [-0.05, 0) is 41.0 Å². The Morgan fingerprint density at radius 3 is 2.16 bits per heavy atom. The maximum absolute atomic E-state index is 13.4. The van der Waals surface area contributed by atoms with Crippen LogP contribution in [0.2, 0.25) is 0 Å². The molecule has 2 N–H and O–H groups in total. The van der Waals surface area contributed by atoms with E-state index >= 15 is 0 Å². The number of rotatable bonds is 9. The molecule has 5 rings (SSSR count). The lowest BCUT2D eigenvalue weighted by molar-refractivity contribution is -0.126. The summed E-state index contributed by atoms with van der Waals surface area (Å²) in [6.07, 6.45) is 0.401. The molecule has 2 heterocycles. The van der Waals surface area contributed by atoms with Crippen molar-refractivity contribution in [3.05, 3.63) is 126 Å². The van der Waals surface area contributed by atoms with Gasteiger partial charge in [-0.15, -0.1) is 0 Å². The van der Waals surface area contributed by atoms with Crippen molar-refractivity contribution in [3.8, 4) is 0 Å². The average molecular weight is 510 g/mol. The van der Waals surface area contributed by atoms with Crippen molar-refractivity contribution in [2.75, 3.05) is 5.32 Å². The standard InChI is InChI=1S/C30H27N3O5/c34-26(18-21-8-3-1-4-9-21)32-24-15-13-23(14-16-24)28-27(29(35)31-19-25-12-7-17-37-25)33(30(36)38-28)20-22-10-5-2-6-11-22/h1-17,27-28H,18-20H2,(H,31,35)(H,32,34). The molecular weight excluding hydrogens is 482 g/mol. The van der Waals surface area contributed by atoms with Crippen molar-refractivity contribution in [2.24, 2.45) is 0 Å². The number of hydrogen-bond acceptors (Lipinski definition) is 5. The fourth-order valence-corrected chi connectivity index (χ4v) is 4.42. The van der Waals surface area contributed by atoms with E-state index in [1.54, 1.807) is 36.4 Å². The summed E-state index contributed by atoms with van der Waals surface area (Å²) < 4.78 is 11.0. The Morgan fingerprint density at radius 2 is 1.50 bits per heavy atom. The SMILES string of the molecule is O=C(Cc1ccccc1)Nc1ccc(C2OC(=O)N(Cc3ccccc3)C2C(=O)NCc2ccco2)cc1. The van der Waals surface area contributed by atoms with Crippen LogP contribution in [0.5, 0.6) is 0 Å². The van der Waals surface area contributed by atoms with Crippen molar-refractivity contribution in [1.82, 2.24) is 10.2 Å². The molecule has 2 unspecified atom stereocenters. The average Bonchev–Trinajstić information content (AvgIpc) is 3.57. The Labute approximate surface area is 220 Å². The van der Waals surface area contributed by atoms with Crippen LogP contribution in [0.1, 0.15) is 28.6 Å². The molecule has 8 heteroatoms. The molecule has 0 aliphatic carbocycles. The van der Waals surface area contributed by atoms with Gasteiger partial charge in [0, 0.05) is 5.69 Å². The van der Waals surface area contributed by atoms with Crippen LogP contribution in [0, 0.1) is 0 Å². The van der Waals surface area contributed by atoms with Crippen molar-refractivity contribution in [1.29, 1.82) is 0 Å². The number of ether oxygens (including phenoxy) is 1. The van der Waals surface area contributed by atoms with Gasteiger partial charge < -0.3 is 19.8 Å². The highest BCUT2D eigenvalue weighted by molar-refractivity contribution is 5.92. The topological polar surface area (TPSA) is 101 Å². The molecule has 0 radical (unpaired) electrons. The van der Waals surface area contributed by atoms with Crippen molar-refractivity contribution >= 4 is 23.6 Å². The molecule has 38 heavy (non-hydrogen) atoms. The van der Waals surface area contributed by atoms with E-state index in [0.29, 0.717) is 17.0 Å². The molecule has 4 aromatic rings. The molecule has 1 aliphatic rings. The van der Waals surface area contributed by atoms with Gasteiger partial charge in [0.05, 0.1) is 25.8 Å². The van der Waals surface area contributed by atoms with Gasteiger partial charge in [0.15, 0.2) is 12.1 Å². The zero-order valence-electron chi connectivity index (χ0n) is 20.6. The number of anilines is 1. The second kappa shape index (κ2) is 11.5. The first-order valence-electron chi connectivity index (χ1n) is 12.3. The first-order valence-corrected chi connectivity index (χ1v) is 12.3. The summed E-state index contributed by atoms with van der Waals surface area (Å²) in [6, 6.07) is 28.5. The number of cyclic esters (lactones) is 1. The van der Waals surface area contributed by atoms with Gasteiger partial charge in [-0.3, -0.25) is 14.5 Å². The van der Waals surface area contributed by atoms with Gasteiger partial charge in [0.2, 0.25) is 11.8 Å². The Bertz CT molecular complexity index is 1370. The number of furan rings is 1. The summed E-state index contributed by atoms with van der Waals surface area (Å²) in [4.78, 5) is 40.2. The Kier molecular flexibility index (Phi) is 7.49. The zero-order chi connectivity index (χ0) is 26.3. The largest absolute Gasteiger partial charge is 0.467 e. The number of carbonyl (C=O) groups is 3. The monoisotopic (exact) mass is 509 g/mol. The van der Waals surface area contributed by atoms with Crippen LogP contribution >= 0.6 is 0 Å². The van der Waals surface area contributed by atoms with Crippen LogP contribution in [-0.4, -0.2) is 28.8 Å². The van der Waals surface area contributed by atoms with Crippen LogP contribution in [0.4, 0.5) is 10.5 Å². The summed E-state index contributed by atoms with van der Waals surface area (Å²) in [6.45, 7) is 0.414. The maximum atomic E-state index is 13.4. The van der Waals surface area contributed by atoms with Crippen molar-refractivity contribution in [2.45, 2.75) is 31.7 Å². The van der Waals surface area contributed by atoms with Gasteiger partial charge in [-0.1, -0.05) is 72.8 Å². The number of carbonyl (C=O) groups excluding carboxylic acids is 3. The van der Waals surface area contributed by atoms with Crippen molar-refractivity contribution < 1.29 is 23.5 Å². The summed E-state index contributed by atoms with van der Waals surface area (Å²) in [7, 11) is 0. The second-order valence-electron chi connectivity index (χ2n) is 8.99. The summed E-state index contributed by atoms with van der Waals surface area (Å²) in [5.74, 6) is 0.110. The van der Waals surface area contributed by atoms with E-state index in [1.807, 2.05) is 60.7 Å². The van der Waals surface area contributed by atoms with E-state index in [9.17, 15) is 14.4 Å². The van der Waals surface area contributed by atoms with Crippen LogP contribution in [-0.2, 0) is 33.8 Å². The third kappa shape index (κ3) is 5.92. The van der Waals surface area contributed by atoms with Crippen LogP contribution in [0.25, 0.3) is 0 Å². The Hall–Kier alpha value is -4.85. The van der Waals surface area contributed by atoms with Gasteiger partial charge in [-0.25, -0.2) is 4.79 Å². The second-order valence-corrected chi connectivity index (χ2v) is 8.99. The number of nitrogens with zero attached hydrogens (tertiary/aromatic N) is 1. The Balaban J connectivity index is 1.32. The minimum Gasteiger partial charge on any atom is -0.467 e. The third-order valence-corrected chi connectivity index (χ3v) is 6.30. The zero-order valence-corrected chi connectivity index (χ0v) is 20.6. The molecule has 8 nitrogen and oxygen atoms in total.